The number of hydrogen-bond acceptors (Lipinski definition) is 2. The van der Waals surface area contributed by atoms with Gasteiger partial charge >= 0.3 is 6.18 Å². The Labute approximate surface area is 591 Å². The lowest BCUT2D eigenvalue weighted by Crippen LogP contribution is -2.06. The molecule has 0 bridgehead atoms. The van der Waals surface area contributed by atoms with Crippen LogP contribution in [-0.4, -0.2) is 27.4 Å². The van der Waals surface area contributed by atoms with Crippen molar-refractivity contribution < 1.29 is 13.2 Å². The summed E-state index contributed by atoms with van der Waals surface area (Å²) in [6, 6.07) is 115. The summed E-state index contributed by atoms with van der Waals surface area (Å²) in [7, 11) is 0. The molecule has 8 nitrogen and oxygen atoms in total. The zero-order valence-corrected chi connectivity index (χ0v) is 55.3. The molecular weight excluding hydrogens is 1290 g/mol. The maximum absolute atomic E-state index is 14.6. The van der Waals surface area contributed by atoms with Crippen molar-refractivity contribution in [2.75, 3.05) is 0 Å². The normalized spacial score (nSPS) is 12.2. The molecule has 6 aromatic heterocycles. The van der Waals surface area contributed by atoms with Crippen molar-refractivity contribution in [1.29, 1.82) is 10.5 Å². The number of para-hydroxylation sites is 8. The number of alkyl halides is 3. The molecule has 21 rings (SSSR count). The van der Waals surface area contributed by atoms with Crippen LogP contribution in [0.5, 0.6) is 0 Å². The quantitative estimate of drug-likeness (QED) is 0.152. The summed E-state index contributed by atoms with van der Waals surface area (Å²) in [5.74, 6) is 0. The first-order valence-electron chi connectivity index (χ1n) is 34.6. The van der Waals surface area contributed by atoms with E-state index < -0.39 is 11.7 Å². The third-order valence-electron chi connectivity index (χ3n) is 21.5. The van der Waals surface area contributed by atoms with Gasteiger partial charge in [0, 0.05) is 98.5 Å². The Morgan fingerprint density at radius 1 is 0.231 bits per heavy atom. The lowest BCUT2D eigenvalue weighted by Gasteiger charge is -2.20. The van der Waals surface area contributed by atoms with Crippen LogP contribution in [0.15, 0.2) is 322 Å². The molecule has 0 unspecified atom stereocenters. The first-order valence-corrected chi connectivity index (χ1v) is 34.6. The van der Waals surface area contributed by atoms with E-state index in [9.17, 15) is 23.7 Å². The van der Waals surface area contributed by atoms with Crippen LogP contribution < -0.4 is 0 Å². The maximum Gasteiger partial charge on any atom is 0.416 e. The molecular formula is C93H53F3N8. The number of fused-ring (bicyclic) bond motifs is 18. The van der Waals surface area contributed by atoms with Crippen molar-refractivity contribution in [3.05, 3.63) is 338 Å². The van der Waals surface area contributed by atoms with E-state index in [1.807, 2.05) is 36.4 Å². The average molecular weight is 1340 g/mol. The largest absolute Gasteiger partial charge is 0.416 e. The summed E-state index contributed by atoms with van der Waals surface area (Å²) in [5, 5.41) is 35.0. The summed E-state index contributed by atoms with van der Waals surface area (Å²) in [6.07, 6.45) is -4.68. The fourth-order valence-electron chi connectivity index (χ4n) is 17.1. The highest BCUT2D eigenvalue weighted by atomic mass is 19.4. The second kappa shape index (κ2) is 22.2. The fourth-order valence-corrected chi connectivity index (χ4v) is 17.1. The minimum Gasteiger partial charge on any atom is -0.309 e. The Morgan fingerprint density at radius 2 is 0.510 bits per heavy atom. The van der Waals surface area contributed by atoms with Gasteiger partial charge in [-0.25, -0.2) is 0 Å². The molecule has 0 saturated carbocycles. The van der Waals surface area contributed by atoms with Crippen molar-refractivity contribution in [3.63, 3.8) is 0 Å². The van der Waals surface area contributed by atoms with Crippen molar-refractivity contribution in [2.24, 2.45) is 0 Å². The van der Waals surface area contributed by atoms with Crippen LogP contribution in [0.4, 0.5) is 13.2 Å². The summed E-state index contributed by atoms with van der Waals surface area (Å²) in [5.41, 5.74) is 19.2. The SMILES string of the molecule is N#Cc1ccc(-c2ccc(-c3ccc(C(F)(F)F)cc3C#N)cc2-n2c3ccc(-n4c5ccccc5c5ccccc54)cc3c3cc(-n4c5ccccc5c5ccccc54)ccc32)c(-n2c3ccc(-n4c5ccccc5c5ccccc54)cc3c3cc(-n4c5ccccc5c5ccccc54)ccc32)c1. The highest BCUT2D eigenvalue weighted by Crippen LogP contribution is 2.47. The Bertz CT molecular complexity index is 6840. The van der Waals surface area contributed by atoms with Gasteiger partial charge in [-0.15, -0.1) is 0 Å². The van der Waals surface area contributed by atoms with Crippen LogP contribution in [0, 0.1) is 22.7 Å². The summed E-state index contributed by atoms with van der Waals surface area (Å²) < 4.78 is 57.8. The summed E-state index contributed by atoms with van der Waals surface area (Å²) >= 11 is 0. The predicted molar refractivity (Wildman–Crippen MR) is 418 cm³/mol. The predicted octanol–water partition coefficient (Wildman–Crippen LogP) is 24.4. The van der Waals surface area contributed by atoms with Crippen LogP contribution in [0.2, 0.25) is 0 Å². The van der Waals surface area contributed by atoms with Gasteiger partial charge in [0.25, 0.3) is 0 Å². The molecule has 0 amide bonds. The molecule has 0 N–H and O–H groups in total. The molecule has 104 heavy (non-hydrogen) atoms. The zero-order chi connectivity index (χ0) is 69.2. The van der Waals surface area contributed by atoms with E-state index >= 15 is 0 Å². The third-order valence-corrected chi connectivity index (χ3v) is 21.5. The van der Waals surface area contributed by atoms with E-state index in [-0.39, 0.29) is 5.56 Å². The van der Waals surface area contributed by atoms with Gasteiger partial charge in [0.2, 0.25) is 0 Å². The van der Waals surface area contributed by atoms with E-state index in [0.29, 0.717) is 22.4 Å². The zero-order valence-electron chi connectivity index (χ0n) is 55.3. The minimum absolute atomic E-state index is 0.114. The maximum atomic E-state index is 14.6. The first-order chi connectivity index (χ1) is 51.1. The van der Waals surface area contributed by atoms with Crippen molar-refractivity contribution >= 4 is 131 Å². The van der Waals surface area contributed by atoms with E-state index in [1.165, 1.54) is 6.07 Å². The van der Waals surface area contributed by atoms with E-state index in [1.54, 1.807) is 0 Å². The lowest BCUT2D eigenvalue weighted by molar-refractivity contribution is -0.137. The second-order valence-corrected chi connectivity index (χ2v) is 26.9. The van der Waals surface area contributed by atoms with Crippen LogP contribution in [0.1, 0.15) is 16.7 Å². The molecule has 0 atom stereocenters. The van der Waals surface area contributed by atoms with Gasteiger partial charge in [-0.1, -0.05) is 170 Å². The standard InChI is InChI=1S/C93H53F3N8/c94-93(95,96)59-35-42-64(58(48-59)55-98)57-34-41-74(92(49-57)104-89-45-38-62(101-83-29-13-5-21-69(83)70-22-6-14-30-84(70)101)52-77(89)78-53-63(39-46-90(78)104)102-85-31-15-7-23-71(85)72-24-8-16-32-86(72)102)73-40-33-56(54-97)47-91(73)103-87-43-36-60(99-79-25-9-1-17-65(79)66-18-2-10-26-80(66)99)50-75(87)76-51-61(37-44-88(76)103)100-81-27-11-3-19-67(81)68-20-4-12-28-82(68)100/h1-53H. The molecule has 0 fully saturated rings. The smallest absolute Gasteiger partial charge is 0.309 e. The number of halogens is 3. The Hall–Kier alpha value is -14.1. The van der Waals surface area contributed by atoms with Crippen LogP contribution in [0.3, 0.4) is 0 Å². The average Bonchev–Trinajstić information content (AvgIpc) is 1.55. The number of nitrogens with zero attached hydrogens (tertiary/aromatic N) is 8. The third kappa shape index (κ3) is 8.53. The Morgan fingerprint density at radius 3 is 0.808 bits per heavy atom. The van der Waals surface area contributed by atoms with Gasteiger partial charge in [-0.3, -0.25) is 0 Å². The highest BCUT2D eigenvalue weighted by molar-refractivity contribution is 6.17. The topological polar surface area (TPSA) is 77.2 Å². The minimum atomic E-state index is -4.68. The fraction of sp³-hybridized carbons (Fsp3) is 0.0108. The summed E-state index contributed by atoms with van der Waals surface area (Å²) in [4.78, 5) is 0. The number of hydrogen-bond donors (Lipinski definition) is 0. The van der Waals surface area contributed by atoms with Crippen LogP contribution >= 0.6 is 0 Å². The van der Waals surface area contributed by atoms with Crippen molar-refractivity contribution in [1.82, 2.24) is 27.4 Å². The molecule has 0 saturated heterocycles. The number of rotatable bonds is 8. The van der Waals surface area contributed by atoms with Gasteiger partial charge in [-0.2, -0.15) is 23.7 Å². The van der Waals surface area contributed by atoms with Gasteiger partial charge in [0.15, 0.2) is 0 Å². The van der Waals surface area contributed by atoms with Crippen LogP contribution in [-0.2, 0) is 6.18 Å². The molecule has 21 aromatic rings. The van der Waals surface area contributed by atoms with Gasteiger partial charge in [0.1, 0.15) is 0 Å². The monoisotopic (exact) mass is 1340 g/mol. The molecule has 0 aliphatic carbocycles. The molecule has 0 spiro atoms. The number of benzene rings is 15. The Balaban J connectivity index is 0.862. The molecule has 0 radical (unpaired) electrons. The van der Waals surface area contributed by atoms with Gasteiger partial charge in [0.05, 0.1) is 106 Å². The molecule has 6 heterocycles. The highest BCUT2D eigenvalue weighted by Gasteiger charge is 2.32. The number of nitriles is 2. The van der Waals surface area contributed by atoms with Crippen molar-refractivity contribution in [3.8, 4) is 68.5 Å². The molecule has 0 aliphatic heterocycles. The molecule has 0 aliphatic rings. The van der Waals surface area contributed by atoms with Gasteiger partial charge < -0.3 is 27.4 Å². The van der Waals surface area contributed by atoms with Gasteiger partial charge in [-0.05, 0) is 163 Å². The first kappa shape index (κ1) is 58.8. The molecule has 11 heteroatoms. The van der Waals surface area contributed by atoms with Crippen LogP contribution in [0.25, 0.3) is 187 Å². The van der Waals surface area contributed by atoms with E-state index in [2.05, 4.69) is 306 Å². The Kier molecular flexibility index (Phi) is 12.5. The molecule has 486 valence electrons. The van der Waals surface area contributed by atoms with E-state index in [0.717, 1.165) is 183 Å². The lowest BCUT2D eigenvalue weighted by atomic mass is 9.93. The molecule has 15 aromatic carbocycles. The summed E-state index contributed by atoms with van der Waals surface area (Å²) in [6.45, 7) is 0. The number of aromatic nitrogens is 6. The van der Waals surface area contributed by atoms with E-state index in [4.69, 9.17) is 0 Å². The second-order valence-electron chi connectivity index (χ2n) is 26.9. The van der Waals surface area contributed by atoms with Crippen molar-refractivity contribution in [2.45, 2.75) is 6.18 Å².